The van der Waals surface area contributed by atoms with Gasteiger partial charge in [-0.1, -0.05) is 42.2 Å². The highest BCUT2D eigenvalue weighted by Crippen LogP contribution is 2.41. The van der Waals surface area contributed by atoms with Crippen molar-refractivity contribution < 1.29 is 24.9 Å². The number of carbonyl (C=O) groups excluding carboxylic acids is 1. The molecular formula is C11H22O5S4. The second-order valence-corrected chi connectivity index (χ2v) is 9.50. The van der Waals surface area contributed by atoms with E-state index >= 15 is 0 Å². The van der Waals surface area contributed by atoms with Crippen LogP contribution in [0.1, 0.15) is 26.2 Å². The average Bonchev–Trinajstić information content (AvgIpc) is 2.49. The lowest BCUT2D eigenvalue weighted by atomic mass is 9.93. The van der Waals surface area contributed by atoms with Crippen molar-refractivity contribution in [2.45, 2.75) is 31.4 Å². The molecule has 0 saturated carbocycles. The van der Waals surface area contributed by atoms with Crippen molar-refractivity contribution in [2.24, 2.45) is 5.41 Å². The quantitative estimate of drug-likeness (QED) is 0.238. The van der Waals surface area contributed by atoms with Crippen molar-refractivity contribution >= 4 is 48.1 Å². The summed E-state index contributed by atoms with van der Waals surface area (Å²) in [5.41, 5.74) is -1.18. The van der Waals surface area contributed by atoms with Gasteiger partial charge >= 0.3 is 5.97 Å². The van der Waals surface area contributed by atoms with Crippen molar-refractivity contribution in [3.63, 3.8) is 0 Å². The number of hydrogen-bond donors (Lipinski definition) is 4. The monoisotopic (exact) mass is 362 g/mol. The van der Waals surface area contributed by atoms with E-state index in [1.807, 2.05) is 6.92 Å². The van der Waals surface area contributed by atoms with Crippen LogP contribution in [0.15, 0.2) is 0 Å². The maximum absolute atomic E-state index is 12.0. The van der Waals surface area contributed by atoms with Gasteiger partial charge in [0.05, 0.1) is 25.2 Å². The molecule has 0 aromatic heterocycles. The molecule has 0 aliphatic carbocycles. The van der Waals surface area contributed by atoms with Gasteiger partial charge in [0.1, 0.15) is 11.9 Å². The van der Waals surface area contributed by atoms with Gasteiger partial charge in [-0.2, -0.15) is 0 Å². The van der Waals surface area contributed by atoms with Crippen LogP contribution in [-0.2, 0) is 9.53 Å². The number of esters is 1. The molecule has 0 saturated heterocycles. The molecule has 0 heterocycles. The van der Waals surface area contributed by atoms with Gasteiger partial charge in [0.25, 0.3) is 0 Å². The largest absolute Gasteiger partial charge is 0.464 e. The van der Waals surface area contributed by atoms with E-state index in [1.54, 1.807) is 0 Å². The van der Waals surface area contributed by atoms with Crippen LogP contribution in [-0.4, -0.2) is 53.0 Å². The number of carbonyl (C=O) groups is 1. The van der Waals surface area contributed by atoms with Crippen LogP contribution in [0.2, 0.25) is 0 Å². The summed E-state index contributed by atoms with van der Waals surface area (Å²) in [6.07, 6.45) is 2.60. The van der Waals surface area contributed by atoms with Gasteiger partial charge in [0.15, 0.2) is 0 Å². The number of hydrogen-bond acceptors (Lipinski definition) is 9. The second kappa shape index (κ2) is 12.3. The molecule has 0 spiro atoms. The molecule has 0 aromatic carbocycles. The van der Waals surface area contributed by atoms with Crippen molar-refractivity contribution in [1.29, 1.82) is 0 Å². The van der Waals surface area contributed by atoms with E-state index in [2.05, 4.69) is 11.7 Å². The first-order chi connectivity index (χ1) is 9.59. The molecule has 3 N–H and O–H groups in total. The lowest BCUT2D eigenvalue weighted by Gasteiger charge is -2.27. The van der Waals surface area contributed by atoms with Gasteiger partial charge in [0.2, 0.25) is 0 Å². The molecule has 0 fully saturated rings. The second-order valence-electron chi connectivity index (χ2n) is 4.45. The summed E-state index contributed by atoms with van der Waals surface area (Å²) in [6, 6.07) is 0. The molecule has 0 bridgehead atoms. The Morgan fingerprint density at radius 2 is 1.90 bits per heavy atom. The fraction of sp³-hybridized carbons (Fsp3) is 0.909. The maximum Gasteiger partial charge on any atom is 0.319 e. The van der Waals surface area contributed by atoms with Gasteiger partial charge in [0, 0.05) is 0 Å². The average molecular weight is 363 g/mol. The summed E-state index contributed by atoms with van der Waals surface area (Å²) >= 11 is 4.01. The van der Waals surface area contributed by atoms with Gasteiger partial charge in [-0.3, -0.25) is 4.79 Å². The molecular weight excluding hydrogens is 340 g/mol. The third kappa shape index (κ3) is 7.67. The summed E-state index contributed by atoms with van der Waals surface area (Å²) in [4.78, 5) is 12.0. The Morgan fingerprint density at radius 1 is 1.30 bits per heavy atom. The summed E-state index contributed by atoms with van der Waals surface area (Å²) in [7, 11) is 4.04. The molecule has 0 aromatic rings. The van der Waals surface area contributed by atoms with Crippen molar-refractivity contribution in [1.82, 2.24) is 0 Å². The van der Waals surface area contributed by atoms with Crippen LogP contribution in [0.3, 0.4) is 0 Å². The number of aliphatic hydroxyl groups excluding tert-OH is 3. The Morgan fingerprint density at radius 3 is 2.35 bits per heavy atom. The van der Waals surface area contributed by atoms with Crippen molar-refractivity contribution in [3.8, 4) is 0 Å². The van der Waals surface area contributed by atoms with Crippen molar-refractivity contribution in [3.05, 3.63) is 0 Å². The third-order valence-electron chi connectivity index (χ3n) is 2.80. The van der Waals surface area contributed by atoms with Gasteiger partial charge in [-0.05, 0) is 26.1 Å². The van der Waals surface area contributed by atoms with E-state index in [9.17, 15) is 20.1 Å². The molecule has 1 unspecified atom stereocenters. The standard InChI is InChI=1S/C11H22O5S4/c1-2-3-4-9(18-20-19-17)10(15)16-8-11(5-12,6-13)7-14/h9,12-14,17H,2-8H2,1H3. The number of unbranched alkanes of at least 4 members (excludes halogenated alkanes) is 1. The highest BCUT2D eigenvalue weighted by Gasteiger charge is 2.31. The molecule has 5 nitrogen and oxygen atoms in total. The highest BCUT2D eigenvalue weighted by molar-refractivity contribution is 9.24. The number of ether oxygens (including phenoxy) is 1. The molecule has 0 aliphatic heterocycles. The van der Waals surface area contributed by atoms with Crippen LogP contribution in [0.5, 0.6) is 0 Å². The molecule has 20 heavy (non-hydrogen) atoms. The minimum atomic E-state index is -1.18. The zero-order chi connectivity index (χ0) is 15.4. The Kier molecular flexibility index (Phi) is 12.8. The summed E-state index contributed by atoms with van der Waals surface area (Å²) in [6.45, 7) is 0.517. The smallest absolute Gasteiger partial charge is 0.319 e. The van der Waals surface area contributed by atoms with Crippen LogP contribution < -0.4 is 0 Å². The normalized spacial score (nSPS) is 13.2. The van der Waals surface area contributed by atoms with Crippen LogP contribution in [0.25, 0.3) is 0 Å². The number of aliphatic hydroxyl groups is 3. The molecule has 0 aliphatic rings. The Hall–Kier alpha value is 0.750. The predicted molar refractivity (Wildman–Crippen MR) is 89.7 cm³/mol. The first-order valence-corrected chi connectivity index (χ1v) is 10.8. The Balaban J connectivity index is 4.42. The van der Waals surface area contributed by atoms with Gasteiger partial charge < -0.3 is 20.1 Å². The summed E-state index contributed by atoms with van der Waals surface area (Å²) < 4.78 is 5.15. The third-order valence-corrected chi connectivity index (χ3v) is 7.61. The fourth-order valence-corrected chi connectivity index (χ4v) is 4.84. The predicted octanol–water partition coefficient (Wildman–Crippen LogP) is 1.93. The van der Waals surface area contributed by atoms with E-state index in [1.165, 1.54) is 30.4 Å². The van der Waals surface area contributed by atoms with Gasteiger partial charge in [-0.25, -0.2) is 0 Å². The summed E-state index contributed by atoms with van der Waals surface area (Å²) in [5.74, 6) is -0.391. The zero-order valence-electron chi connectivity index (χ0n) is 11.4. The molecule has 0 amide bonds. The first-order valence-electron chi connectivity index (χ1n) is 6.22. The zero-order valence-corrected chi connectivity index (χ0v) is 14.7. The highest BCUT2D eigenvalue weighted by atomic mass is 33.7. The van der Waals surface area contributed by atoms with Crippen molar-refractivity contribution in [2.75, 3.05) is 26.4 Å². The number of rotatable bonds is 12. The fourth-order valence-electron chi connectivity index (χ4n) is 1.26. The molecule has 1 atom stereocenters. The molecule has 120 valence electrons. The minimum absolute atomic E-state index is 0.197. The van der Waals surface area contributed by atoms with E-state index < -0.39 is 31.2 Å². The SMILES string of the molecule is CCCCC(SSSS)C(=O)OCC(CO)(CO)CO. The lowest BCUT2D eigenvalue weighted by molar-refractivity contribution is -0.150. The van der Waals surface area contributed by atoms with E-state index in [-0.39, 0.29) is 11.9 Å². The van der Waals surface area contributed by atoms with Crippen LogP contribution in [0, 0.1) is 5.41 Å². The lowest BCUT2D eigenvalue weighted by Crippen LogP contribution is -2.40. The van der Waals surface area contributed by atoms with Crippen LogP contribution in [0.4, 0.5) is 0 Å². The molecule has 9 heteroatoms. The first kappa shape index (κ1) is 20.8. The van der Waals surface area contributed by atoms with Crippen LogP contribution >= 0.6 is 42.1 Å². The molecule has 0 radical (unpaired) electrons. The molecule has 0 rings (SSSR count). The summed E-state index contributed by atoms with van der Waals surface area (Å²) in [5, 5.41) is 27.2. The van der Waals surface area contributed by atoms with E-state index in [0.29, 0.717) is 6.42 Å². The van der Waals surface area contributed by atoms with Gasteiger partial charge in [-0.15, -0.1) is 0 Å². The van der Waals surface area contributed by atoms with E-state index in [0.717, 1.165) is 12.8 Å². The minimum Gasteiger partial charge on any atom is -0.464 e. The number of thiol groups is 1. The maximum atomic E-state index is 12.0. The Labute approximate surface area is 136 Å². The topological polar surface area (TPSA) is 87.0 Å². The Bertz CT molecular complexity index is 247. The van der Waals surface area contributed by atoms with E-state index in [4.69, 9.17) is 4.74 Å².